The summed E-state index contributed by atoms with van der Waals surface area (Å²) >= 11 is 0. The maximum absolute atomic E-state index is 5.35. The van der Waals surface area contributed by atoms with Crippen LogP contribution in [0.1, 0.15) is 0 Å². The highest BCUT2D eigenvalue weighted by atomic mass is 16.5. The van der Waals surface area contributed by atoms with E-state index in [9.17, 15) is 0 Å². The smallest absolute Gasteiger partial charge is 0.260 e. The van der Waals surface area contributed by atoms with Gasteiger partial charge >= 0.3 is 0 Å². The van der Waals surface area contributed by atoms with Crippen molar-refractivity contribution in [3.05, 3.63) is 54.6 Å². The minimum atomic E-state index is 0.475. The number of benzene rings is 2. The summed E-state index contributed by atoms with van der Waals surface area (Å²) < 4.78 is 7.33. The second kappa shape index (κ2) is 4.56. The standard InChI is InChI=1S/C16H12N4O/c1-21-16-15-19-18-14(11-7-3-2-4-8-11)20(15)13-10-6-5-9-12(13)17-16/h2-10H,1H3. The third kappa shape index (κ3) is 1.74. The topological polar surface area (TPSA) is 52.3 Å². The Hall–Kier alpha value is -2.95. The molecule has 0 spiro atoms. The Morgan fingerprint density at radius 3 is 2.48 bits per heavy atom. The van der Waals surface area contributed by atoms with E-state index in [2.05, 4.69) is 15.2 Å². The average Bonchev–Trinajstić information content (AvgIpc) is 3.00. The van der Waals surface area contributed by atoms with Crippen molar-refractivity contribution < 1.29 is 4.74 Å². The fraction of sp³-hybridized carbons (Fsp3) is 0.0625. The molecule has 21 heavy (non-hydrogen) atoms. The first-order chi connectivity index (χ1) is 10.4. The van der Waals surface area contributed by atoms with Crippen LogP contribution in [0.4, 0.5) is 0 Å². The Balaban J connectivity index is 2.17. The van der Waals surface area contributed by atoms with Crippen molar-refractivity contribution in [3.63, 3.8) is 0 Å². The van der Waals surface area contributed by atoms with Gasteiger partial charge in [0.15, 0.2) is 5.82 Å². The maximum Gasteiger partial charge on any atom is 0.260 e. The Kier molecular flexibility index (Phi) is 2.57. The minimum absolute atomic E-state index is 0.475. The molecular weight excluding hydrogens is 264 g/mol. The first-order valence-corrected chi connectivity index (χ1v) is 6.62. The van der Waals surface area contributed by atoms with E-state index in [-0.39, 0.29) is 0 Å². The molecule has 4 aromatic rings. The zero-order valence-corrected chi connectivity index (χ0v) is 11.4. The van der Waals surface area contributed by atoms with Crippen molar-refractivity contribution in [1.82, 2.24) is 19.6 Å². The van der Waals surface area contributed by atoms with Gasteiger partial charge < -0.3 is 4.74 Å². The third-order valence-corrected chi connectivity index (χ3v) is 3.42. The van der Waals surface area contributed by atoms with Crippen molar-refractivity contribution in [1.29, 1.82) is 0 Å². The third-order valence-electron chi connectivity index (χ3n) is 3.42. The van der Waals surface area contributed by atoms with Crippen LogP contribution in [0.25, 0.3) is 28.1 Å². The fourth-order valence-electron chi connectivity index (χ4n) is 2.47. The van der Waals surface area contributed by atoms with Crippen LogP contribution >= 0.6 is 0 Å². The molecular formula is C16H12N4O. The van der Waals surface area contributed by atoms with Gasteiger partial charge in [0.1, 0.15) is 0 Å². The molecule has 0 aliphatic carbocycles. The molecule has 0 radical (unpaired) electrons. The summed E-state index contributed by atoms with van der Waals surface area (Å²) in [5.41, 5.74) is 3.43. The molecule has 0 unspecified atom stereocenters. The lowest BCUT2D eigenvalue weighted by atomic mass is 10.2. The van der Waals surface area contributed by atoms with E-state index < -0.39 is 0 Å². The Morgan fingerprint density at radius 1 is 0.905 bits per heavy atom. The van der Waals surface area contributed by atoms with Crippen LogP contribution in [0, 0.1) is 0 Å². The van der Waals surface area contributed by atoms with Crippen LogP contribution in [-0.2, 0) is 0 Å². The largest absolute Gasteiger partial charge is 0.478 e. The summed E-state index contributed by atoms with van der Waals surface area (Å²) in [5.74, 6) is 1.26. The first-order valence-electron chi connectivity index (χ1n) is 6.62. The average molecular weight is 276 g/mol. The summed E-state index contributed by atoms with van der Waals surface area (Å²) in [4.78, 5) is 4.48. The van der Waals surface area contributed by atoms with E-state index in [1.165, 1.54) is 0 Å². The molecule has 0 bridgehead atoms. The number of ether oxygens (including phenoxy) is 1. The lowest BCUT2D eigenvalue weighted by Gasteiger charge is -2.07. The summed E-state index contributed by atoms with van der Waals surface area (Å²) in [6, 6.07) is 17.9. The molecule has 5 nitrogen and oxygen atoms in total. The second-order valence-electron chi connectivity index (χ2n) is 4.66. The number of nitrogens with zero attached hydrogens (tertiary/aromatic N) is 4. The van der Waals surface area contributed by atoms with Crippen LogP contribution in [0.2, 0.25) is 0 Å². The number of fused-ring (bicyclic) bond motifs is 3. The molecule has 0 aliphatic rings. The van der Waals surface area contributed by atoms with Gasteiger partial charge in [-0.3, -0.25) is 4.40 Å². The zero-order valence-electron chi connectivity index (χ0n) is 11.4. The summed E-state index contributed by atoms with van der Waals surface area (Å²) in [6.45, 7) is 0. The maximum atomic E-state index is 5.35. The van der Waals surface area contributed by atoms with Crippen LogP contribution in [-0.4, -0.2) is 26.7 Å². The molecule has 0 saturated heterocycles. The van der Waals surface area contributed by atoms with Gasteiger partial charge in [-0.15, -0.1) is 10.2 Å². The predicted octanol–water partition coefficient (Wildman–Crippen LogP) is 2.95. The van der Waals surface area contributed by atoms with Gasteiger partial charge in [0.2, 0.25) is 5.65 Å². The van der Waals surface area contributed by atoms with Gasteiger partial charge in [0.25, 0.3) is 5.88 Å². The van der Waals surface area contributed by atoms with Crippen LogP contribution in [0.15, 0.2) is 54.6 Å². The van der Waals surface area contributed by atoms with Crippen molar-refractivity contribution in [2.75, 3.05) is 7.11 Å². The van der Waals surface area contributed by atoms with Crippen molar-refractivity contribution >= 4 is 16.7 Å². The van der Waals surface area contributed by atoms with Crippen molar-refractivity contribution in [2.45, 2.75) is 0 Å². The van der Waals surface area contributed by atoms with Gasteiger partial charge in [0, 0.05) is 5.56 Å². The van der Waals surface area contributed by atoms with E-state index in [0.717, 1.165) is 22.4 Å². The molecule has 4 rings (SSSR count). The molecule has 0 aliphatic heterocycles. The van der Waals surface area contributed by atoms with Gasteiger partial charge in [-0.2, -0.15) is 0 Å². The number of para-hydroxylation sites is 2. The zero-order chi connectivity index (χ0) is 14.2. The predicted molar refractivity (Wildman–Crippen MR) is 80.3 cm³/mol. The number of hydrogen-bond donors (Lipinski definition) is 0. The fourth-order valence-corrected chi connectivity index (χ4v) is 2.47. The highest BCUT2D eigenvalue weighted by Crippen LogP contribution is 2.27. The normalized spacial score (nSPS) is 11.1. The van der Waals surface area contributed by atoms with Gasteiger partial charge in [-0.25, -0.2) is 4.98 Å². The molecule has 0 N–H and O–H groups in total. The molecule has 2 aromatic heterocycles. The Bertz CT molecular complexity index is 931. The van der Waals surface area contributed by atoms with E-state index in [0.29, 0.717) is 11.5 Å². The van der Waals surface area contributed by atoms with Crippen LogP contribution in [0.3, 0.4) is 0 Å². The number of aromatic nitrogens is 4. The molecule has 0 atom stereocenters. The highest BCUT2D eigenvalue weighted by Gasteiger charge is 2.16. The van der Waals surface area contributed by atoms with Gasteiger partial charge in [-0.1, -0.05) is 42.5 Å². The van der Waals surface area contributed by atoms with Crippen molar-refractivity contribution in [3.8, 4) is 17.3 Å². The molecule has 0 amide bonds. The van der Waals surface area contributed by atoms with E-state index >= 15 is 0 Å². The monoisotopic (exact) mass is 276 g/mol. The first kappa shape index (κ1) is 11.8. The number of methoxy groups -OCH3 is 1. The van der Waals surface area contributed by atoms with E-state index in [1.54, 1.807) is 7.11 Å². The molecule has 5 heteroatoms. The highest BCUT2D eigenvalue weighted by molar-refractivity contribution is 5.82. The Morgan fingerprint density at radius 2 is 1.67 bits per heavy atom. The van der Waals surface area contributed by atoms with E-state index in [4.69, 9.17) is 4.74 Å². The number of rotatable bonds is 2. The quantitative estimate of drug-likeness (QED) is 0.565. The minimum Gasteiger partial charge on any atom is -0.478 e. The van der Waals surface area contributed by atoms with Gasteiger partial charge in [0.05, 0.1) is 18.1 Å². The Labute approximate surface area is 120 Å². The molecule has 102 valence electrons. The summed E-state index contributed by atoms with van der Waals surface area (Å²) in [5, 5.41) is 8.56. The van der Waals surface area contributed by atoms with E-state index in [1.807, 2.05) is 59.0 Å². The molecule has 0 fully saturated rings. The summed E-state index contributed by atoms with van der Waals surface area (Å²) in [7, 11) is 1.59. The molecule has 2 heterocycles. The SMILES string of the molecule is COc1nc2ccccc2n2c(-c3ccccc3)nnc12. The van der Waals surface area contributed by atoms with Gasteiger partial charge in [-0.05, 0) is 12.1 Å². The molecule has 2 aromatic carbocycles. The molecule has 0 saturated carbocycles. The second-order valence-corrected chi connectivity index (χ2v) is 4.66. The lowest BCUT2D eigenvalue weighted by molar-refractivity contribution is 0.402. The van der Waals surface area contributed by atoms with Crippen molar-refractivity contribution in [2.24, 2.45) is 0 Å². The number of hydrogen-bond acceptors (Lipinski definition) is 4. The summed E-state index contributed by atoms with van der Waals surface area (Å²) in [6.07, 6.45) is 0. The van der Waals surface area contributed by atoms with Crippen LogP contribution < -0.4 is 4.74 Å². The lowest BCUT2D eigenvalue weighted by Crippen LogP contribution is -1.98. The van der Waals surface area contributed by atoms with Crippen LogP contribution in [0.5, 0.6) is 5.88 Å².